The number of rotatable bonds is 4. The largest absolute Gasteiger partial charge is 0.486 e. The zero-order valence-corrected chi connectivity index (χ0v) is 9.49. The molecule has 1 aliphatic rings. The quantitative estimate of drug-likeness (QED) is 0.901. The molecule has 4 nitrogen and oxygen atoms in total. The minimum Gasteiger partial charge on any atom is -0.486 e. The van der Waals surface area contributed by atoms with Crippen LogP contribution in [0.15, 0.2) is 18.2 Å². The Balaban J connectivity index is 2.19. The van der Waals surface area contributed by atoms with Crippen LogP contribution in [-0.4, -0.2) is 24.3 Å². The van der Waals surface area contributed by atoms with Crippen LogP contribution in [0.3, 0.4) is 0 Å². The Labute approximate surface area is 102 Å². The second kappa shape index (κ2) is 4.80. The van der Waals surface area contributed by atoms with Gasteiger partial charge in [0, 0.05) is 12.0 Å². The van der Waals surface area contributed by atoms with E-state index in [1.807, 2.05) is 0 Å². The number of carboxylic acid groups (broad SMARTS) is 1. The molecular weight excluding hydrogens is 246 g/mol. The van der Waals surface area contributed by atoms with Gasteiger partial charge in [0.15, 0.2) is 11.5 Å². The van der Waals surface area contributed by atoms with Gasteiger partial charge in [-0.3, -0.25) is 4.79 Å². The molecular formula is C12H12F2O4. The smallest absolute Gasteiger partial charge is 0.303 e. The minimum atomic E-state index is -3.19. The maximum atomic E-state index is 13.7. The lowest BCUT2D eigenvalue weighted by atomic mass is 10.0. The summed E-state index contributed by atoms with van der Waals surface area (Å²) in [6, 6.07) is 3.85. The standard InChI is InChI=1S/C12H12F2O4/c13-12(14,4-3-11(15)16)8-1-2-9-10(7-8)18-6-5-17-9/h1-2,7H,3-6H2,(H,15,16). The van der Waals surface area contributed by atoms with Crippen LogP contribution in [0.25, 0.3) is 0 Å². The van der Waals surface area contributed by atoms with Crippen molar-refractivity contribution in [3.63, 3.8) is 0 Å². The molecule has 0 bridgehead atoms. The molecule has 1 N–H and O–H groups in total. The van der Waals surface area contributed by atoms with Crippen molar-refractivity contribution in [1.29, 1.82) is 0 Å². The molecule has 2 rings (SSSR count). The average Bonchev–Trinajstić information content (AvgIpc) is 2.36. The number of carbonyl (C=O) groups is 1. The lowest BCUT2D eigenvalue weighted by molar-refractivity contribution is -0.139. The molecule has 0 spiro atoms. The second-order valence-corrected chi connectivity index (χ2v) is 3.96. The van der Waals surface area contributed by atoms with E-state index in [1.165, 1.54) is 18.2 Å². The molecule has 0 aliphatic carbocycles. The van der Waals surface area contributed by atoms with Gasteiger partial charge in [0.2, 0.25) is 0 Å². The number of fused-ring (bicyclic) bond motifs is 1. The van der Waals surface area contributed by atoms with Crippen molar-refractivity contribution >= 4 is 5.97 Å². The van der Waals surface area contributed by atoms with Crippen LogP contribution < -0.4 is 9.47 Å². The van der Waals surface area contributed by atoms with Crippen LogP contribution in [0.1, 0.15) is 18.4 Å². The summed E-state index contributed by atoms with van der Waals surface area (Å²) in [6.45, 7) is 0.707. The van der Waals surface area contributed by atoms with E-state index in [4.69, 9.17) is 14.6 Å². The molecule has 98 valence electrons. The third kappa shape index (κ3) is 2.69. The Morgan fingerprint density at radius 3 is 2.61 bits per heavy atom. The third-order valence-corrected chi connectivity index (χ3v) is 2.62. The molecule has 0 saturated carbocycles. The molecule has 1 aromatic carbocycles. The number of alkyl halides is 2. The highest BCUT2D eigenvalue weighted by Crippen LogP contribution is 2.39. The lowest BCUT2D eigenvalue weighted by Crippen LogP contribution is -2.18. The van der Waals surface area contributed by atoms with E-state index in [0.717, 1.165) is 0 Å². The average molecular weight is 258 g/mol. The van der Waals surface area contributed by atoms with E-state index in [0.29, 0.717) is 19.0 Å². The van der Waals surface area contributed by atoms with Crippen molar-refractivity contribution in [1.82, 2.24) is 0 Å². The predicted molar refractivity (Wildman–Crippen MR) is 58.2 cm³/mol. The first kappa shape index (κ1) is 12.6. The SMILES string of the molecule is O=C(O)CCC(F)(F)c1ccc2c(c1)OCCO2. The van der Waals surface area contributed by atoms with Crippen molar-refractivity contribution in [2.45, 2.75) is 18.8 Å². The van der Waals surface area contributed by atoms with Gasteiger partial charge in [-0.15, -0.1) is 0 Å². The van der Waals surface area contributed by atoms with E-state index in [-0.39, 0.29) is 11.3 Å². The van der Waals surface area contributed by atoms with Gasteiger partial charge in [-0.25, -0.2) is 8.78 Å². The van der Waals surface area contributed by atoms with Crippen molar-refractivity contribution in [3.8, 4) is 11.5 Å². The number of ether oxygens (including phenoxy) is 2. The number of aliphatic carboxylic acids is 1. The molecule has 0 unspecified atom stereocenters. The van der Waals surface area contributed by atoms with Gasteiger partial charge in [-0.05, 0) is 18.2 Å². The molecule has 0 atom stereocenters. The van der Waals surface area contributed by atoms with Crippen molar-refractivity contribution in [2.24, 2.45) is 0 Å². The van der Waals surface area contributed by atoms with Crippen LogP contribution >= 0.6 is 0 Å². The maximum Gasteiger partial charge on any atom is 0.303 e. The van der Waals surface area contributed by atoms with E-state index in [2.05, 4.69) is 0 Å². The monoisotopic (exact) mass is 258 g/mol. The minimum absolute atomic E-state index is 0.256. The van der Waals surface area contributed by atoms with Gasteiger partial charge in [-0.1, -0.05) is 0 Å². The molecule has 0 amide bonds. The molecule has 0 fully saturated rings. The van der Waals surface area contributed by atoms with Gasteiger partial charge >= 0.3 is 5.97 Å². The van der Waals surface area contributed by atoms with Crippen LogP contribution in [0.4, 0.5) is 8.78 Å². The van der Waals surface area contributed by atoms with Crippen LogP contribution in [0, 0.1) is 0 Å². The summed E-state index contributed by atoms with van der Waals surface area (Å²) in [7, 11) is 0. The fourth-order valence-electron chi connectivity index (χ4n) is 1.68. The van der Waals surface area contributed by atoms with Crippen LogP contribution in [-0.2, 0) is 10.7 Å². The van der Waals surface area contributed by atoms with E-state index >= 15 is 0 Å². The summed E-state index contributed by atoms with van der Waals surface area (Å²) in [6.07, 6.45) is -1.32. The third-order valence-electron chi connectivity index (χ3n) is 2.62. The number of hydrogen-bond acceptors (Lipinski definition) is 3. The molecule has 6 heteroatoms. The van der Waals surface area contributed by atoms with E-state index < -0.39 is 24.7 Å². The Kier molecular flexibility index (Phi) is 3.36. The molecule has 18 heavy (non-hydrogen) atoms. The molecule has 0 saturated heterocycles. The Hall–Kier alpha value is -1.85. The molecule has 0 aromatic heterocycles. The van der Waals surface area contributed by atoms with Gasteiger partial charge in [0.1, 0.15) is 13.2 Å². The van der Waals surface area contributed by atoms with Gasteiger partial charge < -0.3 is 14.6 Å². The number of carboxylic acids is 1. The van der Waals surface area contributed by atoms with Crippen LogP contribution in [0.2, 0.25) is 0 Å². The summed E-state index contributed by atoms with van der Waals surface area (Å²) in [5, 5.41) is 8.44. The van der Waals surface area contributed by atoms with Crippen LogP contribution in [0.5, 0.6) is 11.5 Å². The number of hydrogen-bond donors (Lipinski definition) is 1. The van der Waals surface area contributed by atoms with Gasteiger partial charge in [-0.2, -0.15) is 0 Å². The molecule has 1 aromatic rings. The zero-order chi connectivity index (χ0) is 13.2. The van der Waals surface area contributed by atoms with Gasteiger partial charge in [0.25, 0.3) is 5.92 Å². The first-order valence-corrected chi connectivity index (χ1v) is 5.49. The normalized spacial score (nSPS) is 14.3. The first-order valence-electron chi connectivity index (χ1n) is 5.49. The van der Waals surface area contributed by atoms with Crippen molar-refractivity contribution in [3.05, 3.63) is 23.8 Å². The summed E-state index contributed by atoms with van der Waals surface area (Å²) in [4.78, 5) is 10.3. The summed E-state index contributed by atoms with van der Waals surface area (Å²) >= 11 is 0. The summed E-state index contributed by atoms with van der Waals surface area (Å²) in [5.74, 6) is -3.73. The maximum absolute atomic E-state index is 13.7. The van der Waals surface area contributed by atoms with Crippen molar-refractivity contribution < 1.29 is 28.2 Å². The van der Waals surface area contributed by atoms with E-state index in [9.17, 15) is 13.6 Å². The lowest BCUT2D eigenvalue weighted by Gasteiger charge is -2.21. The predicted octanol–water partition coefficient (Wildman–Crippen LogP) is 2.41. The Morgan fingerprint density at radius 2 is 1.94 bits per heavy atom. The number of halogens is 2. The fourth-order valence-corrected chi connectivity index (χ4v) is 1.68. The second-order valence-electron chi connectivity index (χ2n) is 3.96. The summed E-state index contributed by atoms with van der Waals surface area (Å²) < 4.78 is 37.9. The Bertz CT molecular complexity index is 459. The highest BCUT2D eigenvalue weighted by atomic mass is 19.3. The van der Waals surface area contributed by atoms with Gasteiger partial charge in [0.05, 0.1) is 6.42 Å². The molecule has 1 aliphatic heterocycles. The molecule has 1 heterocycles. The molecule has 0 radical (unpaired) electrons. The van der Waals surface area contributed by atoms with E-state index in [1.54, 1.807) is 0 Å². The zero-order valence-electron chi connectivity index (χ0n) is 9.49. The number of benzene rings is 1. The van der Waals surface area contributed by atoms with Crippen molar-refractivity contribution in [2.75, 3.05) is 13.2 Å². The highest BCUT2D eigenvalue weighted by molar-refractivity contribution is 5.66. The fraction of sp³-hybridized carbons (Fsp3) is 0.417. The Morgan fingerprint density at radius 1 is 1.28 bits per heavy atom. The summed E-state index contributed by atoms with van der Waals surface area (Å²) in [5.41, 5.74) is -0.256. The topological polar surface area (TPSA) is 55.8 Å². The highest BCUT2D eigenvalue weighted by Gasteiger charge is 2.33. The first-order chi connectivity index (χ1) is 8.49.